The van der Waals surface area contributed by atoms with Gasteiger partial charge in [-0.2, -0.15) is 0 Å². The van der Waals surface area contributed by atoms with E-state index in [1.807, 2.05) is 24.3 Å². The molecule has 2 aromatic carbocycles. The van der Waals surface area contributed by atoms with E-state index in [1.54, 1.807) is 11.8 Å². The van der Waals surface area contributed by atoms with Gasteiger partial charge >= 0.3 is 0 Å². The number of carbonyl (C=O) groups excluding carboxylic acids is 1. The fourth-order valence-electron chi connectivity index (χ4n) is 3.61. The van der Waals surface area contributed by atoms with Crippen molar-refractivity contribution >= 4 is 50.3 Å². The molecule has 0 aliphatic heterocycles. The van der Waals surface area contributed by atoms with E-state index >= 15 is 0 Å². The second-order valence-electron chi connectivity index (χ2n) is 7.25. The van der Waals surface area contributed by atoms with Crippen LogP contribution < -0.4 is 10.6 Å². The van der Waals surface area contributed by atoms with Gasteiger partial charge in [0.15, 0.2) is 0 Å². The number of aromatic nitrogens is 2. The second kappa shape index (κ2) is 8.58. The molecule has 158 valence electrons. The third-order valence-electron chi connectivity index (χ3n) is 5.11. The number of imidazole rings is 1. The predicted octanol–water partition coefficient (Wildman–Crippen LogP) is 4.15. The van der Waals surface area contributed by atoms with Gasteiger partial charge in [0.1, 0.15) is 11.2 Å². The highest BCUT2D eigenvalue weighted by Gasteiger charge is 2.24. The van der Waals surface area contributed by atoms with Gasteiger partial charge in [0.2, 0.25) is 10.0 Å². The van der Waals surface area contributed by atoms with E-state index in [1.165, 1.54) is 29.6 Å². The molecule has 3 aromatic rings. The molecule has 1 heterocycles. The van der Waals surface area contributed by atoms with Crippen molar-refractivity contribution in [2.24, 2.45) is 5.14 Å². The van der Waals surface area contributed by atoms with Crippen molar-refractivity contribution in [2.45, 2.75) is 47.1 Å². The maximum atomic E-state index is 13.2. The molecule has 0 bridgehead atoms. The Morgan fingerprint density at radius 2 is 1.93 bits per heavy atom. The zero-order valence-electron chi connectivity index (χ0n) is 16.0. The molecule has 0 atom stereocenters. The number of carbonyl (C=O) groups is 1. The van der Waals surface area contributed by atoms with Crippen LogP contribution in [0.5, 0.6) is 0 Å². The molecule has 1 aliphatic rings. The minimum atomic E-state index is -4.08. The molecule has 1 saturated carbocycles. The van der Waals surface area contributed by atoms with Crippen LogP contribution in [0.2, 0.25) is 5.02 Å². The number of sulfonamides is 1. The Labute approximate surface area is 184 Å². The maximum absolute atomic E-state index is 13.2. The van der Waals surface area contributed by atoms with Crippen LogP contribution in [0.25, 0.3) is 11.0 Å². The van der Waals surface area contributed by atoms with Gasteiger partial charge in [0, 0.05) is 10.1 Å². The summed E-state index contributed by atoms with van der Waals surface area (Å²) in [4.78, 5) is 17.8. The summed E-state index contributed by atoms with van der Waals surface area (Å²) in [5.41, 5.74) is 4.46. The number of nitrogens with two attached hydrogens (primary N) is 1. The molecule has 1 amide bonds. The van der Waals surface area contributed by atoms with E-state index in [0.717, 1.165) is 36.7 Å². The van der Waals surface area contributed by atoms with Crippen molar-refractivity contribution < 1.29 is 13.2 Å². The molecule has 1 aliphatic carbocycles. The normalized spacial score (nSPS) is 15.4. The number of amides is 1. The van der Waals surface area contributed by atoms with Crippen LogP contribution in [0.1, 0.15) is 42.5 Å². The summed E-state index contributed by atoms with van der Waals surface area (Å²) in [6, 6.07) is 10.2. The number of thioether (sulfide) groups is 1. The maximum Gasteiger partial charge on any atom is 0.271 e. The molecular weight excluding hydrogens is 444 g/mol. The lowest BCUT2D eigenvalue weighted by Crippen LogP contribution is -2.24. The number of nitrogens with one attached hydrogen (secondary N) is 1. The zero-order valence-corrected chi connectivity index (χ0v) is 18.4. The Balaban J connectivity index is 1.72. The van der Waals surface area contributed by atoms with E-state index in [9.17, 15) is 13.2 Å². The third kappa shape index (κ3) is 4.49. The molecule has 4 rings (SSSR count). The minimum absolute atomic E-state index is 0.0143. The zero-order chi connectivity index (χ0) is 21.3. The van der Waals surface area contributed by atoms with Crippen LogP contribution in [0.3, 0.4) is 0 Å². The Morgan fingerprint density at radius 3 is 2.67 bits per heavy atom. The van der Waals surface area contributed by atoms with E-state index in [0.29, 0.717) is 10.1 Å². The van der Waals surface area contributed by atoms with Crippen molar-refractivity contribution in [2.75, 3.05) is 5.43 Å². The standard InChI is InChI=1S/C20H21ClN4O3S2/c21-15-11-18(29-13-6-2-1-3-7-13)14(10-19(15)30(22,27)28)20(26)24-25-12-23-16-8-4-5-9-17(16)25/h4-5,8-13H,1-3,6-7H2,(H,24,26)(H2,22,27,28). The number of hydrogen-bond donors (Lipinski definition) is 2. The highest BCUT2D eigenvalue weighted by molar-refractivity contribution is 8.00. The lowest BCUT2D eigenvalue weighted by molar-refractivity contribution is 0.101. The van der Waals surface area contributed by atoms with Gasteiger partial charge in [-0.05, 0) is 37.1 Å². The number of para-hydroxylation sites is 2. The number of halogens is 1. The molecule has 0 unspecified atom stereocenters. The average molecular weight is 465 g/mol. The first-order chi connectivity index (χ1) is 14.3. The predicted molar refractivity (Wildman–Crippen MR) is 119 cm³/mol. The summed E-state index contributed by atoms with van der Waals surface area (Å²) in [5, 5.41) is 5.68. The van der Waals surface area contributed by atoms with E-state index < -0.39 is 15.9 Å². The molecule has 1 aromatic heterocycles. The van der Waals surface area contributed by atoms with E-state index in [-0.39, 0.29) is 15.5 Å². The Bertz CT molecular complexity index is 1200. The van der Waals surface area contributed by atoms with E-state index in [4.69, 9.17) is 16.7 Å². The number of rotatable bonds is 5. The highest BCUT2D eigenvalue weighted by atomic mass is 35.5. The summed E-state index contributed by atoms with van der Waals surface area (Å²) in [7, 11) is -4.08. The SMILES string of the molecule is NS(=O)(=O)c1cc(C(=O)Nn2cnc3ccccc32)c(SC2CCCCC2)cc1Cl. The quantitative estimate of drug-likeness (QED) is 0.589. The van der Waals surface area contributed by atoms with Crippen LogP contribution in [0.4, 0.5) is 0 Å². The summed E-state index contributed by atoms with van der Waals surface area (Å²) in [6.07, 6.45) is 7.10. The summed E-state index contributed by atoms with van der Waals surface area (Å²) < 4.78 is 25.4. The van der Waals surface area contributed by atoms with Gasteiger partial charge < -0.3 is 0 Å². The van der Waals surface area contributed by atoms with Gasteiger partial charge in [0.25, 0.3) is 5.91 Å². The Hall–Kier alpha value is -2.07. The molecule has 30 heavy (non-hydrogen) atoms. The van der Waals surface area contributed by atoms with Crippen LogP contribution in [-0.2, 0) is 10.0 Å². The lowest BCUT2D eigenvalue weighted by atomic mass is 10.0. The van der Waals surface area contributed by atoms with Gasteiger partial charge in [-0.25, -0.2) is 23.2 Å². The van der Waals surface area contributed by atoms with Gasteiger partial charge in [0.05, 0.1) is 21.6 Å². The fraction of sp³-hybridized carbons (Fsp3) is 0.300. The van der Waals surface area contributed by atoms with Crippen molar-refractivity contribution in [3.05, 3.63) is 53.3 Å². The van der Waals surface area contributed by atoms with Crippen LogP contribution in [0, 0.1) is 0 Å². The summed E-state index contributed by atoms with van der Waals surface area (Å²) >= 11 is 7.77. The van der Waals surface area contributed by atoms with Crippen molar-refractivity contribution in [1.29, 1.82) is 0 Å². The van der Waals surface area contributed by atoms with Crippen molar-refractivity contribution in [3.8, 4) is 0 Å². The molecule has 1 fully saturated rings. The van der Waals surface area contributed by atoms with E-state index in [2.05, 4.69) is 10.4 Å². The third-order valence-corrected chi connectivity index (χ3v) is 7.88. The first kappa shape index (κ1) is 21.2. The van der Waals surface area contributed by atoms with Crippen LogP contribution >= 0.6 is 23.4 Å². The topological polar surface area (TPSA) is 107 Å². The van der Waals surface area contributed by atoms with Crippen LogP contribution in [-0.4, -0.2) is 29.2 Å². The highest BCUT2D eigenvalue weighted by Crippen LogP contribution is 2.38. The van der Waals surface area contributed by atoms with Crippen molar-refractivity contribution in [3.63, 3.8) is 0 Å². The second-order valence-corrected chi connectivity index (χ2v) is 10.5. The molecule has 0 radical (unpaired) electrons. The van der Waals surface area contributed by atoms with Gasteiger partial charge in [-0.15, -0.1) is 11.8 Å². The van der Waals surface area contributed by atoms with Gasteiger partial charge in [-0.3, -0.25) is 10.2 Å². The number of fused-ring (bicyclic) bond motifs is 1. The first-order valence-electron chi connectivity index (χ1n) is 9.59. The number of primary sulfonamides is 1. The molecule has 0 saturated heterocycles. The number of nitrogens with zero attached hydrogens (tertiary/aromatic N) is 2. The molecule has 0 spiro atoms. The number of hydrogen-bond acceptors (Lipinski definition) is 5. The average Bonchev–Trinajstić information content (AvgIpc) is 3.11. The lowest BCUT2D eigenvalue weighted by Gasteiger charge is -2.22. The summed E-state index contributed by atoms with van der Waals surface area (Å²) in [6.45, 7) is 0. The molecule has 10 heteroatoms. The van der Waals surface area contributed by atoms with Gasteiger partial charge in [-0.1, -0.05) is 43.0 Å². The fourth-order valence-corrected chi connectivity index (χ4v) is 6.17. The van der Waals surface area contributed by atoms with Crippen molar-refractivity contribution in [1.82, 2.24) is 9.66 Å². The largest absolute Gasteiger partial charge is 0.271 e. The molecular formula is C20H21ClN4O3S2. The smallest absolute Gasteiger partial charge is 0.267 e. The van der Waals surface area contributed by atoms with Crippen LogP contribution in [0.15, 0.2) is 52.5 Å². The Morgan fingerprint density at radius 1 is 1.20 bits per heavy atom. The molecule has 7 nitrogen and oxygen atoms in total. The number of benzene rings is 2. The minimum Gasteiger partial charge on any atom is -0.267 e. The molecule has 3 N–H and O–H groups in total. The summed E-state index contributed by atoms with van der Waals surface area (Å²) in [5.74, 6) is -0.460. The Kier molecular flexibility index (Phi) is 6.06. The monoisotopic (exact) mass is 464 g/mol. The first-order valence-corrected chi connectivity index (χ1v) is 12.4.